The SMILES string of the molecule is O=C(N[C@H]1c2ccccc2C[C@H]1O)c1ccc(Cl)nc1Cl. The van der Waals surface area contributed by atoms with Gasteiger partial charge in [0.2, 0.25) is 0 Å². The number of fused-ring (bicyclic) bond motifs is 1. The summed E-state index contributed by atoms with van der Waals surface area (Å²) < 4.78 is 0. The van der Waals surface area contributed by atoms with E-state index in [4.69, 9.17) is 23.2 Å². The first-order chi connectivity index (χ1) is 10.1. The predicted octanol–water partition coefficient (Wildman–Crippen LogP) is 2.78. The molecule has 6 heteroatoms. The lowest BCUT2D eigenvalue weighted by molar-refractivity contribution is 0.0858. The van der Waals surface area contributed by atoms with Gasteiger partial charge in [-0.2, -0.15) is 0 Å². The van der Waals surface area contributed by atoms with Gasteiger partial charge < -0.3 is 10.4 Å². The zero-order valence-electron chi connectivity index (χ0n) is 10.9. The van der Waals surface area contributed by atoms with E-state index in [1.54, 1.807) is 0 Å². The van der Waals surface area contributed by atoms with E-state index in [2.05, 4.69) is 10.3 Å². The molecule has 2 aromatic rings. The lowest BCUT2D eigenvalue weighted by Crippen LogP contribution is -2.34. The number of benzene rings is 1. The van der Waals surface area contributed by atoms with Crippen molar-refractivity contribution in [3.8, 4) is 0 Å². The van der Waals surface area contributed by atoms with Crippen LogP contribution >= 0.6 is 23.2 Å². The van der Waals surface area contributed by atoms with Crippen molar-refractivity contribution in [2.45, 2.75) is 18.6 Å². The quantitative estimate of drug-likeness (QED) is 0.836. The number of aliphatic hydroxyl groups is 1. The Labute approximate surface area is 131 Å². The van der Waals surface area contributed by atoms with E-state index in [-0.39, 0.29) is 21.8 Å². The molecule has 0 saturated carbocycles. The molecule has 2 N–H and O–H groups in total. The van der Waals surface area contributed by atoms with Crippen LogP contribution in [0, 0.1) is 0 Å². The number of carbonyl (C=O) groups excluding carboxylic acids is 1. The van der Waals surface area contributed by atoms with Crippen LogP contribution in [0.4, 0.5) is 0 Å². The number of hydrogen-bond donors (Lipinski definition) is 2. The van der Waals surface area contributed by atoms with Crippen molar-refractivity contribution in [3.63, 3.8) is 0 Å². The van der Waals surface area contributed by atoms with Crippen LogP contribution in [0.15, 0.2) is 36.4 Å². The number of halogens is 2. The van der Waals surface area contributed by atoms with E-state index in [1.807, 2.05) is 24.3 Å². The first-order valence-electron chi connectivity index (χ1n) is 6.45. The number of nitrogens with one attached hydrogen (secondary N) is 1. The number of carbonyl (C=O) groups is 1. The Hall–Kier alpha value is -1.62. The van der Waals surface area contributed by atoms with Crippen molar-refractivity contribution in [2.24, 2.45) is 0 Å². The van der Waals surface area contributed by atoms with Crippen molar-refractivity contribution in [1.29, 1.82) is 0 Å². The molecule has 0 saturated heterocycles. The minimum Gasteiger partial charge on any atom is -0.390 e. The Balaban J connectivity index is 1.85. The summed E-state index contributed by atoms with van der Waals surface area (Å²) in [6, 6.07) is 10.2. The molecule has 21 heavy (non-hydrogen) atoms. The van der Waals surface area contributed by atoms with Gasteiger partial charge in [-0.05, 0) is 23.3 Å². The molecule has 0 radical (unpaired) electrons. The fourth-order valence-electron chi connectivity index (χ4n) is 2.55. The van der Waals surface area contributed by atoms with Crippen LogP contribution in [0.25, 0.3) is 0 Å². The highest BCUT2D eigenvalue weighted by Crippen LogP contribution is 2.31. The third kappa shape index (κ3) is 2.75. The Morgan fingerprint density at radius 2 is 2.00 bits per heavy atom. The normalized spacial score (nSPS) is 20.1. The smallest absolute Gasteiger partial charge is 0.254 e. The number of rotatable bonds is 2. The summed E-state index contributed by atoms with van der Waals surface area (Å²) in [4.78, 5) is 16.1. The number of amides is 1. The zero-order valence-corrected chi connectivity index (χ0v) is 12.4. The second-order valence-electron chi connectivity index (χ2n) is 4.89. The predicted molar refractivity (Wildman–Crippen MR) is 80.6 cm³/mol. The maximum Gasteiger partial charge on any atom is 0.254 e. The molecule has 0 aliphatic heterocycles. The van der Waals surface area contributed by atoms with Crippen LogP contribution in [0.1, 0.15) is 27.5 Å². The van der Waals surface area contributed by atoms with Gasteiger partial charge >= 0.3 is 0 Å². The van der Waals surface area contributed by atoms with Gasteiger partial charge in [0.05, 0.1) is 17.7 Å². The molecule has 1 aliphatic rings. The van der Waals surface area contributed by atoms with E-state index < -0.39 is 12.1 Å². The standard InChI is InChI=1S/C15H12Cl2N2O2/c16-12-6-5-10(14(17)18-12)15(21)19-13-9-4-2-1-3-8(9)7-11(13)20/h1-6,11,13,20H,7H2,(H,19,21)/t11-,13+/m1/s1. The van der Waals surface area contributed by atoms with Gasteiger partial charge in [0.25, 0.3) is 5.91 Å². The lowest BCUT2D eigenvalue weighted by Gasteiger charge is -2.18. The molecule has 1 aliphatic carbocycles. The monoisotopic (exact) mass is 322 g/mol. The van der Waals surface area contributed by atoms with Crippen LogP contribution in [0.3, 0.4) is 0 Å². The van der Waals surface area contributed by atoms with Crippen LogP contribution in [0.2, 0.25) is 10.3 Å². The summed E-state index contributed by atoms with van der Waals surface area (Å²) in [5.41, 5.74) is 2.20. The summed E-state index contributed by atoms with van der Waals surface area (Å²) in [5, 5.41) is 13.2. The highest BCUT2D eigenvalue weighted by Gasteiger charge is 2.32. The van der Waals surface area contributed by atoms with Gasteiger partial charge in [-0.25, -0.2) is 4.98 Å². The molecule has 2 atom stereocenters. The third-order valence-corrected chi connectivity index (χ3v) is 4.05. The van der Waals surface area contributed by atoms with Gasteiger partial charge in [0.15, 0.2) is 0 Å². The van der Waals surface area contributed by atoms with E-state index in [0.717, 1.165) is 11.1 Å². The van der Waals surface area contributed by atoms with E-state index in [9.17, 15) is 9.90 Å². The van der Waals surface area contributed by atoms with Gasteiger partial charge in [0.1, 0.15) is 10.3 Å². The topological polar surface area (TPSA) is 62.2 Å². The lowest BCUT2D eigenvalue weighted by atomic mass is 10.1. The number of aliphatic hydroxyl groups excluding tert-OH is 1. The number of aromatic nitrogens is 1. The molecule has 0 bridgehead atoms. The third-order valence-electron chi connectivity index (χ3n) is 3.55. The number of pyridine rings is 1. The average Bonchev–Trinajstić information content (AvgIpc) is 2.75. The van der Waals surface area contributed by atoms with Crippen molar-refractivity contribution >= 4 is 29.1 Å². The summed E-state index contributed by atoms with van der Waals surface area (Å²) in [6.45, 7) is 0. The first-order valence-corrected chi connectivity index (χ1v) is 7.20. The Morgan fingerprint density at radius 3 is 2.76 bits per heavy atom. The maximum absolute atomic E-state index is 12.3. The van der Waals surface area contributed by atoms with Crippen LogP contribution in [-0.4, -0.2) is 22.1 Å². The Bertz CT molecular complexity index is 706. The summed E-state index contributed by atoms with van der Waals surface area (Å²) in [5.74, 6) is -0.384. The molecule has 4 nitrogen and oxygen atoms in total. The summed E-state index contributed by atoms with van der Waals surface area (Å²) in [7, 11) is 0. The average molecular weight is 323 g/mol. The van der Waals surface area contributed by atoms with E-state index in [0.29, 0.717) is 6.42 Å². The van der Waals surface area contributed by atoms with E-state index >= 15 is 0 Å². The van der Waals surface area contributed by atoms with Crippen LogP contribution in [0.5, 0.6) is 0 Å². The summed E-state index contributed by atoms with van der Waals surface area (Å²) >= 11 is 11.6. The molecular weight excluding hydrogens is 311 g/mol. The number of hydrogen-bond acceptors (Lipinski definition) is 3. The fourth-order valence-corrected chi connectivity index (χ4v) is 2.98. The maximum atomic E-state index is 12.3. The largest absolute Gasteiger partial charge is 0.390 e. The Kier molecular flexibility index (Phi) is 3.85. The van der Waals surface area contributed by atoms with Crippen molar-refractivity contribution in [2.75, 3.05) is 0 Å². The molecule has 108 valence electrons. The molecule has 1 amide bonds. The van der Waals surface area contributed by atoms with Crippen LogP contribution < -0.4 is 5.32 Å². The molecule has 1 aromatic heterocycles. The van der Waals surface area contributed by atoms with Gasteiger partial charge in [-0.3, -0.25) is 4.79 Å². The first kappa shape index (κ1) is 14.3. The molecule has 1 aromatic carbocycles. The van der Waals surface area contributed by atoms with Gasteiger partial charge in [-0.1, -0.05) is 47.5 Å². The van der Waals surface area contributed by atoms with E-state index in [1.165, 1.54) is 12.1 Å². The molecule has 0 fully saturated rings. The minimum absolute atomic E-state index is 0.0424. The second kappa shape index (κ2) is 5.64. The summed E-state index contributed by atoms with van der Waals surface area (Å²) in [6.07, 6.45) is -0.126. The molecular formula is C15H12Cl2N2O2. The van der Waals surface area contributed by atoms with Crippen molar-refractivity contribution in [1.82, 2.24) is 10.3 Å². The molecule has 1 heterocycles. The molecule has 0 spiro atoms. The van der Waals surface area contributed by atoms with Crippen molar-refractivity contribution < 1.29 is 9.90 Å². The van der Waals surface area contributed by atoms with Crippen LogP contribution in [-0.2, 0) is 6.42 Å². The minimum atomic E-state index is -0.648. The Morgan fingerprint density at radius 1 is 1.24 bits per heavy atom. The van der Waals surface area contributed by atoms with Crippen molar-refractivity contribution in [3.05, 3.63) is 63.4 Å². The highest BCUT2D eigenvalue weighted by atomic mass is 35.5. The number of nitrogens with zero attached hydrogens (tertiary/aromatic N) is 1. The highest BCUT2D eigenvalue weighted by molar-refractivity contribution is 6.34. The molecule has 3 rings (SSSR count). The zero-order chi connectivity index (χ0) is 15.0. The van der Waals surface area contributed by atoms with Gasteiger partial charge in [0, 0.05) is 6.42 Å². The van der Waals surface area contributed by atoms with Gasteiger partial charge in [-0.15, -0.1) is 0 Å². The molecule has 0 unspecified atom stereocenters. The fraction of sp³-hybridized carbons (Fsp3) is 0.200. The second-order valence-corrected chi connectivity index (χ2v) is 5.64.